The third-order valence-electron chi connectivity index (χ3n) is 5.07. The van der Waals surface area contributed by atoms with E-state index in [0.29, 0.717) is 11.1 Å². The van der Waals surface area contributed by atoms with E-state index in [-0.39, 0.29) is 5.56 Å². The van der Waals surface area contributed by atoms with Gasteiger partial charge in [-0.15, -0.1) is 0 Å². The molecule has 2 aromatic carbocycles. The largest absolute Gasteiger partial charge is 0.452 e. The second kappa shape index (κ2) is 7.61. The Bertz CT molecular complexity index is 1220. The van der Waals surface area contributed by atoms with Gasteiger partial charge in [0.25, 0.3) is 6.02 Å². The Labute approximate surface area is 173 Å². The molecule has 9 heteroatoms. The summed E-state index contributed by atoms with van der Waals surface area (Å²) in [7, 11) is 0. The zero-order chi connectivity index (χ0) is 22.2. The summed E-state index contributed by atoms with van der Waals surface area (Å²) in [5.41, 5.74) is 4.78. The van der Waals surface area contributed by atoms with Crippen molar-refractivity contribution in [3.63, 3.8) is 0 Å². The summed E-state index contributed by atoms with van der Waals surface area (Å²) >= 11 is 0. The summed E-state index contributed by atoms with van der Waals surface area (Å²) < 4.78 is 72.8. The maximum Gasteiger partial charge on any atom is 0.425 e. The second-order valence-corrected chi connectivity index (χ2v) is 7.19. The molecule has 160 valence electrons. The molecule has 31 heavy (non-hydrogen) atoms. The highest BCUT2D eigenvalue weighted by molar-refractivity contribution is 5.80. The molecule has 0 spiro atoms. The highest BCUT2D eigenvalue weighted by Gasteiger charge is 2.52. The van der Waals surface area contributed by atoms with Gasteiger partial charge in [0, 0.05) is 40.2 Å². The molecule has 0 saturated carbocycles. The minimum Gasteiger partial charge on any atom is -0.452 e. The summed E-state index contributed by atoms with van der Waals surface area (Å²) in [5.74, 6) is 4.85. The molecule has 4 rings (SSSR count). The molecule has 1 aliphatic rings. The third kappa shape index (κ3) is 4.06. The number of hydrogen-bond acceptors (Lipinski definition) is 3. The first-order valence-corrected chi connectivity index (χ1v) is 9.24. The van der Waals surface area contributed by atoms with E-state index >= 15 is 0 Å². The summed E-state index contributed by atoms with van der Waals surface area (Å²) in [6, 6.07) is 10.1. The second-order valence-electron chi connectivity index (χ2n) is 7.19. The fraction of sp³-hybridized carbons (Fsp3) is 0.227. The number of H-pyrrole nitrogens is 1. The molecule has 0 aliphatic carbocycles. The number of fused-ring (bicyclic) bond motifs is 1. The predicted molar refractivity (Wildman–Crippen MR) is 105 cm³/mol. The molecule has 2 unspecified atom stereocenters. The van der Waals surface area contributed by atoms with E-state index in [2.05, 4.69) is 26.6 Å². The van der Waals surface area contributed by atoms with Crippen molar-refractivity contribution < 1.29 is 26.7 Å². The Morgan fingerprint density at radius 1 is 1.13 bits per heavy atom. The van der Waals surface area contributed by atoms with Crippen molar-refractivity contribution >= 4 is 16.9 Å². The number of aromatic nitrogens is 1. The molecule has 1 aliphatic heterocycles. The van der Waals surface area contributed by atoms with E-state index in [4.69, 9.17) is 5.73 Å². The van der Waals surface area contributed by atoms with Crippen molar-refractivity contribution in [2.24, 2.45) is 10.7 Å². The number of benzene rings is 2. The lowest BCUT2D eigenvalue weighted by Crippen LogP contribution is -2.48. The summed E-state index contributed by atoms with van der Waals surface area (Å²) in [6.45, 7) is -1.39. The number of nitrogens with zero attached hydrogens (tertiary/aromatic N) is 1. The molecular weight excluding hydrogens is 417 g/mol. The van der Waals surface area contributed by atoms with Crippen LogP contribution >= 0.6 is 0 Å². The Morgan fingerprint density at radius 2 is 1.84 bits per heavy atom. The number of ether oxygens (including phenoxy) is 1. The van der Waals surface area contributed by atoms with Crippen LogP contribution in [0.2, 0.25) is 0 Å². The van der Waals surface area contributed by atoms with Crippen LogP contribution in [0.25, 0.3) is 10.9 Å². The van der Waals surface area contributed by atoms with E-state index in [0.717, 1.165) is 17.0 Å². The van der Waals surface area contributed by atoms with Crippen molar-refractivity contribution in [1.82, 2.24) is 4.98 Å². The number of halogens is 5. The van der Waals surface area contributed by atoms with Crippen LogP contribution in [0.1, 0.15) is 23.1 Å². The number of hydrogen-bond donors (Lipinski definition) is 2. The van der Waals surface area contributed by atoms with Gasteiger partial charge in [-0.05, 0) is 42.5 Å². The molecule has 0 radical (unpaired) electrons. The summed E-state index contributed by atoms with van der Waals surface area (Å²) in [4.78, 5) is 6.78. The maximum atomic E-state index is 14.6. The van der Waals surface area contributed by atoms with Crippen LogP contribution in [0.4, 0.5) is 22.0 Å². The highest BCUT2D eigenvalue weighted by Crippen LogP contribution is 2.41. The van der Waals surface area contributed by atoms with E-state index in [1.165, 1.54) is 12.1 Å². The number of rotatable bonds is 2. The molecule has 4 nitrogen and oxygen atoms in total. The highest BCUT2D eigenvalue weighted by atomic mass is 19.4. The van der Waals surface area contributed by atoms with Gasteiger partial charge < -0.3 is 15.5 Å². The lowest BCUT2D eigenvalue weighted by Gasteiger charge is -2.36. The van der Waals surface area contributed by atoms with Gasteiger partial charge in [0.05, 0.1) is 0 Å². The van der Waals surface area contributed by atoms with Gasteiger partial charge in [-0.3, -0.25) is 0 Å². The SMILES string of the molecule is NC1=NC(CF)(c2cc(C#Cc3ccc4[nH]ccc4c3)ccc2F)CC(C(F)(F)F)O1. The first-order chi connectivity index (χ1) is 14.7. The number of aromatic amines is 1. The van der Waals surface area contributed by atoms with Crippen molar-refractivity contribution in [3.05, 3.63) is 71.2 Å². The average Bonchev–Trinajstić information content (AvgIpc) is 3.20. The molecule has 2 atom stereocenters. The monoisotopic (exact) mass is 433 g/mol. The van der Waals surface area contributed by atoms with Crippen LogP contribution in [0, 0.1) is 17.7 Å². The van der Waals surface area contributed by atoms with Gasteiger partial charge in [0.1, 0.15) is 18.0 Å². The lowest BCUT2D eigenvalue weighted by molar-refractivity contribution is -0.209. The zero-order valence-corrected chi connectivity index (χ0v) is 15.9. The molecule has 0 bridgehead atoms. The van der Waals surface area contributed by atoms with Crippen molar-refractivity contribution in [3.8, 4) is 11.8 Å². The van der Waals surface area contributed by atoms with Gasteiger partial charge >= 0.3 is 6.18 Å². The molecule has 0 fully saturated rings. The average molecular weight is 433 g/mol. The molecule has 0 saturated heterocycles. The van der Waals surface area contributed by atoms with E-state index in [1.807, 2.05) is 18.2 Å². The quantitative estimate of drug-likeness (QED) is 0.461. The van der Waals surface area contributed by atoms with Crippen LogP contribution in [0.15, 0.2) is 53.7 Å². The van der Waals surface area contributed by atoms with Gasteiger partial charge in [-0.1, -0.05) is 11.8 Å². The predicted octanol–water partition coefficient (Wildman–Crippen LogP) is 4.54. The van der Waals surface area contributed by atoms with Crippen LogP contribution in [0.3, 0.4) is 0 Å². The van der Waals surface area contributed by atoms with Gasteiger partial charge in [0.15, 0.2) is 6.10 Å². The van der Waals surface area contributed by atoms with Gasteiger partial charge in [0.2, 0.25) is 0 Å². The number of amidine groups is 1. The standard InChI is InChI=1S/C22H16F5N3O/c23-12-21(11-19(22(25,26)27)31-20(28)30-21)16-10-14(3-5-17(16)24)2-1-13-4-6-18-15(9-13)7-8-29-18/h3-10,19,29H,11-12H2,(H2,28,30). The Balaban J connectivity index is 1.72. The number of nitrogens with two attached hydrogens (primary N) is 1. The lowest BCUT2D eigenvalue weighted by atomic mass is 9.84. The fourth-order valence-electron chi connectivity index (χ4n) is 3.52. The molecule has 3 aromatic rings. The minimum absolute atomic E-state index is 0.294. The third-order valence-corrected chi connectivity index (χ3v) is 5.07. The first kappa shape index (κ1) is 20.7. The molecule has 3 N–H and O–H groups in total. The van der Waals surface area contributed by atoms with E-state index in [9.17, 15) is 22.0 Å². The number of alkyl halides is 4. The van der Waals surface area contributed by atoms with Crippen LogP contribution in [-0.4, -0.2) is 30.0 Å². The van der Waals surface area contributed by atoms with Crippen LogP contribution in [-0.2, 0) is 10.3 Å². The van der Waals surface area contributed by atoms with E-state index < -0.39 is 42.8 Å². The van der Waals surface area contributed by atoms with Crippen LogP contribution < -0.4 is 5.73 Å². The number of aliphatic imine (C=N–C) groups is 1. The Hall–Kier alpha value is -3.54. The van der Waals surface area contributed by atoms with Gasteiger partial charge in [-0.25, -0.2) is 13.8 Å². The zero-order valence-electron chi connectivity index (χ0n) is 15.9. The molecular formula is C22H16F5N3O. The molecule has 1 aromatic heterocycles. The van der Waals surface area contributed by atoms with Crippen molar-refractivity contribution in [2.45, 2.75) is 24.2 Å². The molecule has 2 heterocycles. The molecule has 0 amide bonds. The first-order valence-electron chi connectivity index (χ1n) is 9.24. The summed E-state index contributed by atoms with van der Waals surface area (Å²) in [5, 5.41) is 0.952. The van der Waals surface area contributed by atoms with Gasteiger partial charge in [-0.2, -0.15) is 13.2 Å². The number of nitrogens with one attached hydrogen (secondary N) is 1. The van der Waals surface area contributed by atoms with E-state index in [1.54, 1.807) is 12.3 Å². The summed E-state index contributed by atoms with van der Waals surface area (Å²) in [6.07, 6.45) is -6.36. The fourth-order valence-corrected chi connectivity index (χ4v) is 3.52. The Morgan fingerprint density at radius 3 is 2.55 bits per heavy atom. The van der Waals surface area contributed by atoms with Crippen LogP contribution in [0.5, 0.6) is 0 Å². The topological polar surface area (TPSA) is 63.4 Å². The Kier molecular flexibility index (Phi) is 5.09. The normalized spacial score (nSPS) is 21.2. The maximum absolute atomic E-state index is 14.6. The minimum atomic E-state index is -4.81. The van der Waals surface area contributed by atoms with Crippen molar-refractivity contribution in [2.75, 3.05) is 6.67 Å². The smallest absolute Gasteiger partial charge is 0.425 e. The van der Waals surface area contributed by atoms with Crippen molar-refractivity contribution in [1.29, 1.82) is 0 Å².